The molecule has 0 saturated heterocycles. The third-order valence-electron chi connectivity index (χ3n) is 2.55. The van der Waals surface area contributed by atoms with Crippen molar-refractivity contribution in [2.45, 2.75) is 26.1 Å². The number of nitrogens with one attached hydrogen (secondary N) is 1. The van der Waals surface area contributed by atoms with E-state index in [1.165, 1.54) is 6.20 Å². The van der Waals surface area contributed by atoms with Crippen molar-refractivity contribution in [1.82, 2.24) is 25.3 Å². The second-order valence-electron chi connectivity index (χ2n) is 4.20. The highest BCUT2D eigenvalue weighted by molar-refractivity contribution is 5.22. The largest absolute Gasteiger partial charge is 0.435 e. The van der Waals surface area contributed by atoms with Crippen LogP contribution in [0.5, 0.6) is 0 Å². The number of hydrogen-bond donors (Lipinski definition) is 1. The fourth-order valence-electron chi connectivity index (χ4n) is 1.57. The Balaban J connectivity index is 2.08. The first-order chi connectivity index (χ1) is 9.50. The molecule has 5 nitrogen and oxygen atoms in total. The van der Waals surface area contributed by atoms with Crippen LogP contribution in [0, 0.1) is 0 Å². The van der Waals surface area contributed by atoms with E-state index < -0.39 is 11.9 Å². The Kier molecular flexibility index (Phi) is 4.33. The monoisotopic (exact) mass is 285 g/mol. The molecule has 108 valence electrons. The van der Waals surface area contributed by atoms with Crippen LogP contribution in [0.15, 0.2) is 24.4 Å². The predicted octanol–water partition coefficient (Wildman–Crippen LogP) is 2.18. The van der Waals surface area contributed by atoms with Gasteiger partial charge >= 0.3 is 6.18 Å². The molecule has 2 rings (SSSR count). The zero-order valence-electron chi connectivity index (χ0n) is 10.9. The predicted molar refractivity (Wildman–Crippen MR) is 66.2 cm³/mol. The minimum absolute atomic E-state index is 0.250. The van der Waals surface area contributed by atoms with Crippen LogP contribution >= 0.6 is 0 Å². The molecule has 0 radical (unpaired) electrons. The summed E-state index contributed by atoms with van der Waals surface area (Å²) in [6.07, 6.45) is -2.23. The highest BCUT2D eigenvalue weighted by Gasteiger charge is 2.33. The summed E-state index contributed by atoms with van der Waals surface area (Å²) in [6, 6.07) is 4.20. The van der Waals surface area contributed by atoms with Crippen LogP contribution < -0.4 is 5.32 Å². The van der Waals surface area contributed by atoms with E-state index in [1.54, 1.807) is 12.1 Å². The van der Waals surface area contributed by atoms with Crippen molar-refractivity contribution in [3.05, 3.63) is 35.8 Å². The SMILES string of the molecule is CCCNCc1ccc(-n2ccc(C(F)(F)F)n2)nn1. The maximum atomic E-state index is 12.4. The molecule has 0 spiro atoms. The van der Waals surface area contributed by atoms with Gasteiger partial charge in [-0.1, -0.05) is 6.92 Å². The van der Waals surface area contributed by atoms with E-state index in [0.717, 1.165) is 29.4 Å². The van der Waals surface area contributed by atoms with Crippen LogP contribution in [0.2, 0.25) is 0 Å². The molecule has 0 aliphatic rings. The number of aromatic nitrogens is 4. The molecule has 0 aliphatic carbocycles. The lowest BCUT2D eigenvalue weighted by atomic mass is 10.3. The Bertz CT molecular complexity index is 547. The van der Waals surface area contributed by atoms with Gasteiger partial charge in [-0.15, -0.1) is 5.10 Å². The number of hydrogen-bond acceptors (Lipinski definition) is 4. The highest BCUT2D eigenvalue weighted by Crippen LogP contribution is 2.27. The van der Waals surface area contributed by atoms with Gasteiger partial charge in [-0.05, 0) is 31.2 Å². The molecular formula is C12H14F3N5. The number of rotatable bonds is 5. The van der Waals surface area contributed by atoms with Crippen molar-refractivity contribution in [1.29, 1.82) is 0 Å². The summed E-state index contributed by atoms with van der Waals surface area (Å²) in [5.74, 6) is 0.250. The van der Waals surface area contributed by atoms with Crippen molar-refractivity contribution in [2.24, 2.45) is 0 Å². The molecule has 0 amide bonds. The van der Waals surface area contributed by atoms with Gasteiger partial charge in [-0.25, -0.2) is 4.68 Å². The maximum Gasteiger partial charge on any atom is 0.435 e. The lowest BCUT2D eigenvalue weighted by Crippen LogP contribution is -2.15. The summed E-state index contributed by atoms with van der Waals surface area (Å²) in [7, 11) is 0. The highest BCUT2D eigenvalue weighted by atomic mass is 19.4. The molecule has 0 unspecified atom stereocenters. The van der Waals surface area contributed by atoms with Crippen LogP contribution in [0.25, 0.3) is 5.82 Å². The molecule has 0 bridgehead atoms. The average Bonchev–Trinajstić information content (AvgIpc) is 2.89. The molecule has 8 heteroatoms. The first-order valence-corrected chi connectivity index (χ1v) is 6.17. The molecule has 1 N–H and O–H groups in total. The summed E-state index contributed by atoms with van der Waals surface area (Å²) in [5, 5.41) is 14.4. The zero-order chi connectivity index (χ0) is 14.6. The standard InChI is InChI=1S/C12H14F3N5/c1-2-6-16-8-9-3-4-11(18-17-9)20-7-5-10(19-20)12(13,14)15/h3-5,7,16H,2,6,8H2,1H3. The van der Waals surface area contributed by atoms with E-state index in [1.807, 2.05) is 0 Å². The van der Waals surface area contributed by atoms with Crippen LogP contribution in [-0.2, 0) is 12.7 Å². The topological polar surface area (TPSA) is 55.6 Å². The molecule has 2 heterocycles. The number of alkyl halides is 3. The summed E-state index contributed by atoms with van der Waals surface area (Å²) in [5.41, 5.74) is -0.224. The van der Waals surface area contributed by atoms with Crippen LogP contribution in [0.1, 0.15) is 24.7 Å². The molecule has 0 aliphatic heterocycles. The Morgan fingerprint density at radius 1 is 1.20 bits per heavy atom. The molecule has 2 aromatic rings. The van der Waals surface area contributed by atoms with Gasteiger partial charge in [0.15, 0.2) is 11.5 Å². The molecule has 0 aromatic carbocycles. The van der Waals surface area contributed by atoms with Gasteiger partial charge in [0.1, 0.15) is 0 Å². The third-order valence-corrected chi connectivity index (χ3v) is 2.55. The van der Waals surface area contributed by atoms with Gasteiger partial charge in [-0.2, -0.15) is 23.4 Å². The summed E-state index contributed by atoms with van der Waals surface area (Å²) in [6.45, 7) is 3.50. The second kappa shape index (κ2) is 6.00. The lowest BCUT2D eigenvalue weighted by molar-refractivity contribution is -0.141. The van der Waals surface area contributed by atoms with E-state index in [2.05, 4.69) is 27.5 Å². The van der Waals surface area contributed by atoms with E-state index in [4.69, 9.17) is 0 Å². The summed E-state index contributed by atoms with van der Waals surface area (Å²) in [4.78, 5) is 0. The van der Waals surface area contributed by atoms with Crippen molar-refractivity contribution < 1.29 is 13.2 Å². The Labute approximate surface area is 113 Å². The third kappa shape index (κ3) is 3.53. The molecule has 2 aromatic heterocycles. The van der Waals surface area contributed by atoms with Gasteiger partial charge in [-0.3, -0.25) is 0 Å². The van der Waals surface area contributed by atoms with Gasteiger partial charge in [0.05, 0.1) is 5.69 Å². The molecule has 0 saturated carbocycles. The normalized spacial score (nSPS) is 11.8. The quantitative estimate of drug-likeness (QED) is 0.856. The Morgan fingerprint density at radius 3 is 2.55 bits per heavy atom. The Hall–Kier alpha value is -1.96. The van der Waals surface area contributed by atoms with Gasteiger partial charge in [0.2, 0.25) is 0 Å². The van der Waals surface area contributed by atoms with Crippen molar-refractivity contribution in [3.8, 4) is 5.82 Å². The maximum absolute atomic E-state index is 12.4. The van der Waals surface area contributed by atoms with E-state index in [-0.39, 0.29) is 5.82 Å². The first kappa shape index (κ1) is 14.4. The smallest absolute Gasteiger partial charge is 0.311 e. The van der Waals surface area contributed by atoms with Crippen molar-refractivity contribution in [3.63, 3.8) is 0 Å². The van der Waals surface area contributed by atoms with Crippen molar-refractivity contribution in [2.75, 3.05) is 6.54 Å². The molecule has 20 heavy (non-hydrogen) atoms. The minimum atomic E-state index is -4.46. The van der Waals surface area contributed by atoms with Gasteiger partial charge in [0, 0.05) is 12.7 Å². The summed E-state index contributed by atoms with van der Waals surface area (Å²) >= 11 is 0. The fraction of sp³-hybridized carbons (Fsp3) is 0.417. The van der Waals surface area contributed by atoms with Gasteiger partial charge in [0.25, 0.3) is 0 Å². The van der Waals surface area contributed by atoms with Crippen molar-refractivity contribution >= 4 is 0 Å². The molecule has 0 atom stereocenters. The van der Waals surface area contributed by atoms with E-state index >= 15 is 0 Å². The van der Waals surface area contributed by atoms with Crippen LogP contribution in [0.4, 0.5) is 13.2 Å². The Morgan fingerprint density at radius 2 is 2.00 bits per heavy atom. The average molecular weight is 285 g/mol. The van der Waals surface area contributed by atoms with Crippen LogP contribution in [-0.4, -0.2) is 26.5 Å². The first-order valence-electron chi connectivity index (χ1n) is 6.17. The summed E-state index contributed by atoms with van der Waals surface area (Å²) < 4.78 is 38.4. The molecular weight excluding hydrogens is 271 g/mol. The van der Waals surface area contributed by atoms with E-state index in [0.29, 0.717) is 6.54 Å². The zero-order valence-corrected chi connectivity index (χ0v) is 10.9. The number of nitrogens with zero attached hydrogens (tertiary/aromatic N) is 4. The van der Waals surface area contributed by atoms with Crippen LogP contribution in [0.3, 0.4) is 0 Å². The second-order valence-corrected chi connectivity index (χ2v) is 4.20. The van der Waals surface area contributed by atoms with Gasteiger partial charge < -0.3 is 5.32 Å². The minimum Gasteiger partial charge on any atom is -0.311 e. The lowest BCUT2D eigenvalue weighted by Gasteiger charge is -2.04. The molecule has 0 fully saturated rings. The fourth-order valence-corrected chi connectivity index (χ4v) is 1.57. The number of halogens is 3. The van der Waals surface area contributed by atoms with E-state index in [9.17, 15) is 13.2 Å².